The van der Waals surface area contributed by atoms with Crippen molar-refractivity contribution in [3.8, 4) is 16.9 Å². The molecule has 0 atom stereocenters. The third-order valence-electron chi connectivity index (χ3n) is 7.37. The van der Waals surface area contributed by atoms with Crippen LogP contribution in [0.15, 0.2) is 67.0 Å². The van der Waals surface area contributed by atoms with Gasteiger partial charge in [0.15, 0.2) is 0 Å². The van der Waals surface area contributed by atoms with Crippen LogP contribution in [0.4, 0.5) is 5.69 Å². The molecule has 0 spiro atoms. The highest BCUT2D eigenvalue weighted by Gasteiger charge is 2.22. The van der Waals surface area contributed by atoms with Crippen molar-refractivity contribution in [3.63, 3.8) is 0 Å². The summed E-state index contributed by atoms with van der Waals surface area (Å²) in [6.45, 7) is 4.80. The Labute approximate surface area is 239 Å². The highest BCUT2D eigenvalue weighted by Crippen LogP contribution is 2.31. The first kappa shape index (κ1) is 29.7. The van der Waals surface area contributed by atoms with E-state index in [1.807, 2.05) is 35.5 Å². The number of anilines is 1. The normalized spacial score (nSPS) is 15.2. The Morgan fingerprint density at radius 2 is 1.68 bits per heavy atom. The van der Waals surface area contributed by atoms with E-state index in [0.29, 0.717) is 13.2 Å². The third kappa shape index (κ3) is 8.62. The number of hydrogen-bond donors (Lipinski definition) is 0. The Hall–Kier alpha value is -3.26. The minimum atomic E-state index is 0.00339. The van der Waals surface area contributed by atoms with Gasteiger partial charge >= 0.3 is 0 Å². The molecule has 0 N–H and O–H groups in total. The number of carbonyl (C=O) groups excluding carboxylic acids is 1. The summed E-state index contributed by atoms with van der Waals surface area (Å²) in [5.74, 6) is 0.946. The van der Waals surface area contributed by atoms with E-state index in [2.05, 4.69) is 65.3 Å². The number of methoxy groups -OCH3 is 1. The van der Waals surface area contributed by atoms with Gasteiger partial charge in [0, 0.05) is 56.9 Å². The minimum Gasteiger partial charge on any atom is -0.492 e. The van der Waals surface area contributed by atoms with Crippen molar-refractivity contribution in [3.05, 3.63) is 78.1 Å². The van der Waals surface area contributed by atoms with Gasteiger partial charge in [-0.05, 0) is 80.5 Å². The molecule has 40 heavy (non-hydrogen) atoms. The van der Waals surface area contributed by atoms with Gasteiger partial charge in [0.1, 0.15) is 19.0 Å². The topological polar surface area (TPSA) is 58.1 Å². The summed E-state index contributed by atoms with van der Waals surface area (Å²) >= 11 is 0. The van der Waals surface area contributed by atoms with Gasteiger partial charge in [-0.25, -0.2) is 0 Å². The summed E-state index contributed by atoms with van der Waals surface area (Å²) in [5.41, 5.74) is 5.54. The van der Waals surface area contributed by atoms with E-state index < -0.39 is 0 Å². The molecule has 0 aliphatic carbocycles. The van der Waals surface area contributed by atoms with Crippen LogP contribution in [0.5, 0.6) is 5.75 Å². The second kappa shape index (κ2) is 15.5. The van der Waals surface area contributed by atoms with Gasteiger partial charge < -0.3 is 19.3 Å². The highest BCUT2D eigenvalue weighted by atomic mass is 16.5. The molecule has 1 aliphatic heterocycles. The molecule has 1 amide bonds. The number of benzene rings is 2. The number of amides is 1. The zero-order valence-electron chi connectivity index (χ0n) is 24.3. The molecule has 3 aromatic rings. The molecular formula is C33H44N4O3. The Balaban J connectivity index is 1.69. The first-order valence-corrected chi connectivity index (χ1v) is 14.5. The monoisotopic (exact) mass is 544 g/mol. The van der Waals surface area contributed by atoms with Crippen molar-refractivity contribution in [1.29, 1.82) is 0 Å². The van der Waals surface area contributed by atoms with Crippen molar-refractivity contribution in [1.82, 2.24) is 14.8 Å². The van der Waals surface area contributed by atoms with E-state index in [0.717, 1.165) is 73.6 Å². The van der Waals surface area contributed by atoms with Crippen molar-refractivity contribution >= 4 is 11.6 Å². The lowest BCUT2D eigenvalue weighted by Crippen LogP contribution is -2.36. The quantitative estimate of drug-likeness (QED) is 0.348. The summed E-state index contributed by atoms with van der Waals surface area (Å²) in [5, 5.41) is 0. The maximum absolute atomic E-state index is 13.3. The smallest absolute Gasteiger partial charge is 0.252 e. The average molecular weight is 545 g/mol. The molecule has 0 bridgehead atoms. The zero-order valence-corrected chi connectivity index (χ0v) is 24.3. The number of carbonyl (C=O) groups is 1. The number of hydrogen-bond acceptors (Lipinski definition) is 6. The number of ether oxygens (including phenoxy) is 2. The number of fused-ring (bicyclic) bond motifs is 1. The fourth-order valence-corrected chi connectivity index (χ4v) is 5.23. The summed E-state index contributed by atoms with van der Waals surface area (Å²) in [6, 6.07) is 18.9. The van der Waals surface area contributed by atoms with Crippen LogP contribution in [0, 0.1) is 0 Å². The van der Waals surface area contributed by atoms with E-state index in [4.69, 9.17) is 9.47 Å². The maximum atomic E-state index is 13.3. The fourth-order valence-electron chi connectivity index (χ4n) is 5.23. The molecule has 7 nitrogen and oxygen atoms in total. The molecule has 1 aliphatic rings. The molecule has 214 valence electrons. The summed E-state index contributed by atoms with van der Waals surface area (Å²) < 4.78 is 11.5. The summed E-state index contributed by atoms with van der Waals surface area (Å²) in [4.78, 5) is 24.0. The lowest BCUT2D eigenvalue weighted by Gasteiger charge is -2.30. The molecule has 7 heteroatoms. The van der Waals surface area contributed by atoms with E-state index >= 15 is 0 Å². The van der Waals surface area contributed by atoms with Crippen LogP contribution in [0.2, 0.25) is 0 Å². The lowest BCUT2D eigenvalue weighted by atomic mass is 10.0. The average Bonchev–Trinajstić information content (AvgIpc) is 2.95. The Bertz CT molecular complexity index is 1200. The molecule has 0 radical (unpaired) electrons. The Morgan fingerprint density at radius 1 is 0.925 bits per heavy atom. The molecule has 0 fully saturated rings. The van der Waals surface area contributed by atoms with Gasteiger partial charge in [0.05, 0.1) is 0 Å². The summed E-state index contributed by atoms with van der Waals surface area (Å²) in [6.07, 6.45) is 9.26. The van der Waals surface area contributed by atoms with Crippen molar-refractivity contribution in [2.24, 2.45) is 0 Å². The molecule has 2 aromatic carbocycles. The van der Waals surface area contributed by atoms with E-state index in [1.54, 1.807) is 7.11 Å². The Morgan fingerprint density at radius 3 is 2.45 bits per heavy atom. The SMILES string of the molecule is COCC(=O)N1CCCCCCCN(Cc2ccccc2OCCN(C)C)Cc2cc(-c3ccncc3)ccc21. The minimum absolute atomic E-state index is 0.00339. The first-order chi connectivity index (χ1) is 19.5. The third-order valence-corrected chi connectivity index (χ3v) is 7.37. The molecule has 4 rings (SSSR count). The van der Waals surface area contributed by atoms with Crippen molar-refractivity contribution < 1.29 is 14.3 Å². The fraction of sp³-hybridized carbons (Fsp3) is 0.455. The number of rotatable bonds is 9. The molecule has 0 saturated heterocycles. The number of nitrogens with zero attached hydrogens (tertiary/aromatic N) is 4. The second-order valence-electron chi connectivity index (χ2n) is 10.8. The highest BCUT2D eigenvalue weighted by molar-refractivity contribution is 5.95. The molecule has 2 heterocycles. The first-order valence-electron chi connectivity index (χ1n) is 14.5. The van der Waals surface area contributed by atoms with Gasteiger partial charge in [-0.2, -0.15) is 0 Å². The van der Waals surface area contributed by atoms with Crippen LogP contribution < -0.4 is 9.64 Å². The van der Waals surface area contributed by atoms with Crippen molar-refractivity contribution in [2.45, 2.75) is 45.2 Å². The Kier molecular flexibility index (Phi) is 11.5. The van der Waals surface area contributed by atoms with Gasteiger partial charge in [-0.3, -0.25) is 14.7 Å². The molecular weight excluding hydrogens is 500 g/mol. The number of para-hydroxylation sites is 1. The maximum Gasteiger partial charge on any atom is 0.252 e. The van der Waals surface area contributed by atoms with Gasteiger partial charge in [-0.15, -0.1) is 0 Å². The van der Waals surface area contributed by atoms with Gasteiger partial charge in [0.2, 0.25) is 0 Å². The standard InChI is InChI=1S/C33H44N4O3/c1-35(2)21-22-40-32-12-8-7-11-29(32)24-36-19-9-5-4-6-10-20-37(33(38)26-39-3)31-14-13-28(23-30(31)25-36)27-15-17-34-18-16-27/h7-8,11-18,23H,4-6,9-10,19-22,24-26H2,1-3H3. The van der Waals surface area contributed by atoms with E-state index in [9.17, 15) is 4.79 Å². The molecule has 0 saturated carbocycles. The summed E-state index contributed by atoms with van der Waals surface area (Å²) in [7, 11) is 5.70. The second-order valence-corrected chi connectivity index (χ2v) is 10.8. The molecule has 0 unspecified atom stereocenters. The van der Waals surface area contributed by atoms with E-state index in [1.165, 1.54) is 18.4 Å². The van der Waals surface area contributed by atoms with Crippen LogP contribution in [0.3, 0.4) is 0 Å². The largest absolute Gasteiger partial charge is 0.492 e. The van der Waals surface area contributed by atoms with Crippen LogP contribution in [-0.4, -0.2) is 74.7 Å². The van der Waals surface area contributed by atoms with Crippen LogP contribution in [0.25, 0.3) is 11.1 Å². The number of pyridine rings is 1. The van der Waals surface area contributed by atoms with E-state index in [-0.39, 0.29) is 12.5 Å². The van der Waals surface area contributed by atoms with Crippen molar-refractivity contribution in [2.75, 3.05) is 59.0 Å². The predicted octanol–water partition coefficient (Wildman–Crippen LogP) is 5.63. The lowest BCUT2D eigenvalue weighted by molar-refractivity contribution is -0.122. The van der Waals surface area contributed by atoms with Crippen LogP contribution >= 0.6 is 0 Å². The van der Waals surface area contributed by atoms with Crippen LogP contribution in [-0.2, 0) is 22.6 Å². The number of likely N-dealkylation sites (N-methyl/N-ethyl adjacent to an activating group) is 1. The predicted molar refractivity (Wildman–Crippen MR) is 162 cm³/mol. The van der Waals surface area contributed by atoms with Gasteiger partial charge in [0.25, 0.3) is 5.91 Å². The zero-order chi connectivity index (χ0) is 28.2. The molecule has 1 aromatic heterocycles. The van der Waals surface area contributed by atoms with Gasteiger partial charge in [-0.1, -0.05) is 43.5 Å². The number of aromatic nitrogens is 1. The van der Waals surface area contributed by atoms with Crippen LogP contribution in [0.1, 0.15) is 43.2 Å².